The standard InChI is InChI=1S/C20H38O7/c1-5-19(6-2)24-13-17(9-21,14-25-19)11-23-12-18(10-22)15-26-20(7-3,8-4)27-16-18/h21-22H,5-16H2,1-4H3. The summed E-state index contributed by atoms with van der Waals surface area (Å²) in [6.45, 7) is 10.1. The van der Waals surface area contributed by atoms with E-state index in [0.29, 0.717) is 39.6 Å². The molecule has 0 aromatic heterocycles. The van der Waals surface area contributed by atoms with Crippen LogP contribution in [0.1, 0.15) is 53.4 Å². The van der Waals surface area contributed by atoms with E-state index >= 15 is 0 Å². The Bertz CT molecular complexity index is 386. The van der Waals surface area contributed by atoms with Crippen LogP contribution in [-0.4, -0.2) is 74.6 Å². The molecule has 0 aromatic carbocycles. The molecule has 7 nitrogen and oxygen atoms in total. The van der Waals surface area contributed by atoms with Crippen molar-refractivity contribution in [3.8, 4) is 0 Å². The van der Waals surface area contributed by atoms with Gasteiger partial charge in [0.2, 0.25) is 0 Å². The molecule has 2 saturated heterocycles. The summed E-state index contributed by atoms with van der Waals surface area (Å²) in [5, 5.41) is 19.8. The predicted octanol–water partition coefficient (Wildman–Crippen LogP) is 2.09. The summed E-state index contributed by atoms with van der Waals surface area (Å²) in [7, 11) is 0. The van der Waals surface area contributed by atoms with Gasteiger partial charge in [0.05, 0.1) is 63.7 Å². The highest BCUT2D eigenvalue weighted by molar-refractivity contribution is 4.88. The highest BCUT2D eigenvalue weighted by Crippen LogP contribution is 2.36. The lowest BCUT2D eigenvalue weighted by atomic mass is 9.88. The van der Waals surface area contributed by atoms with Gasteiger partial charge in [-0.2, -0.15) is 0 Å². The van der Waals surface area contributed by atoms with E-state index in [1.807, 2.05) is 27.7 Å². The molecule has 2 aliphatic heterocycles. The van der Waals surface area contributed by atoms with Gasteiger partial charge in [0.25, 0.3) is 0 Å². The van der Waals surface area contributed by atoms with Gasteiger partial charge in [0.15, 0.2) is 11.6 Å². The van der Waals surface area contributed by atoms with E-state index in [4.69, 9.17) is 23.7 Å². The van der Waals surface area contributed by atoms with Crippen LogP contribution in [0.4, 0.5) is 0 Å². The number of aliphatic hydroxyl groups excluding tert-OH is 2. The normalized spacial score (nSPS) is 26.0. The summed E-state index contributed by atoms with van der Waals surface area (Å²) in [6.07, 6.45) is 3.07. The SMILES string of the molecule is CCC1(CC)OCC(CO)(COCC2(CO)COC(CC)(CC)OC2)CO1. The van der Waals surface area contributed by atoms with E-state index in [9.17, 15) is 10.2 Å². The first-order valence-corrected chi connectivity index (χ1v) is 10.3. The molecule has 160 valence electrons. The molecule has 7 heteroatoms. The Balaban J connectivity index is 1.88. The van der Waals surface area contributed by atoms with Gasteiger partial charge in [0.1, 0.15) is 0 Å². The maximum Gasteiger partial charge on any atom is 0.167 e. The molecule has 0 amide bonds. The smallest absolute Gasteiger partial charge is 0.167 e. The molecular formula is C20H38O7. The second-order valence-electron chi connectivity index (χ2n) is 8.20. The predicted molar refractivity (Wildman–Crippen MR) is 100 cm³/mol. The molecule has 2 heterocycles. The molecule has 27 heavy (non-hydrogen) atoms. The summed E-state index contributed by atoms with van der Waals surface area (Å²) in [6, 6.07) is 0. The van der Waals surface area contributed by atoms with Crippen molar-refractivity contribution < 1.29 is 33.9 Å². The van der Waals surface area contributed by atoms with Crippen molar-refractivity contribution in [2.75, 3.05) is 52.9 Å². The second-order valence-corrected chi connectivity index (χ2v) is 8.20. The monoisotopic (exact) mass is 390 g/mol. The third-order valence-corrected chi connectivity index (χ3v) is 6.21. The second kappa shape index (κ2) is 9.48. The zero-order chi connectivity index (χ0) is 20.0. The first kappa shape index (κ1) is 23.0. The molecule has 0 aromatic rings. The molecule has 2 aliphatic rings. The Morgan fingerprint density at radius 2 is 0.926 bits per heavy atom. The minimum atomic E-state index is -0.586. The molecule has 0 spiro atoms. The Morgan fingerprint density at radius 1 is 0.630 bits per heavy atom. The molecule has 2 N–H and O–H groups in total. The van der Waals surface area contributed by atoms with Gasteiger partial charge in [-0.25, -0.2) is 0 Å². The fourth-order valence-corrected chi connectivity index (χ4v) is 3.55. The Hall–Kier alpha value is -0.280. The topological polar surface area (TPSA) is 86.6 Å². The molecular weight excluding hydrogens is 352 g/mol. The summed E-state index contributed by atoms with van der Waals surface area (Å²) in [5.74, 6) is -1.11. The average Bonchev–Trinajstić information content (AvgIpc) is 2.75. The summed E-state index contributed by atoms with van der Waals surface area (Å²) < 4.78 is 29.8. The largest absolute Gasteiger partial charge is 0.396 e. The lowest BCUT2D eigenvalue weighted by molar-refractivity contribution is -0.326. The fraction of sp³-hybridized carbons (Fsp3) is 1.00. The van der Waals surface area contributed by atoms with Crippen molar-refractivity contribution in [1.29, 1.82) is 0 Å². The number of hydrogen-bond donors (Lipinski definition) is 2. The van der Waals surface area contributed by atoms with Gasteiger partial charge in [-0.05, 0) is 25.7 Å². The maximum atomic E-state index is 9.91. The van der Waals surface area contributed by atoms with Crippen molar-refractivity contribution in [2.45, 2.75) is 65.0 Å². The van der Waals surface area contributed by atoms with Gasteiger partial charge in [-0.1, -0.05) is 27.7 Å². The molecule has 0 unspecified atom stereocenters. The number of rotatable bonds is 10. The van der Waals surface area contributed by atoms with Crippen molar-refractivity contribution in [2.24, 2.45) is 10.8 Å². The van der Waals surface area contributed by atoms with E-state index in [0.717, 1.165) is 25.7 Å². The van der Waals surface area contributed by atoms with Gasteiger partial charge in [0, 0.05) is 0 Å². The van der Waals surface area contributed by atoms with Crippen molar-refractivity contribution in [3.05, 3.63) is 0 Å². The average molecular weight is 391 g/mol. The summed E-state index contributed by atoms with van der Waals surface area (Å²) in [5.41, 5.74) is -1.17. The van der Waals surface area contributed by atoms with Crippen LogP contribution in [0, 0.1) is 10.8 Å². The first-order valence-electron chi connectivity index (χ1n) is 10.3. The Kier molecular flexibility index (Phi) is 8.08. The van der Waals surface area contributed by atoms with E-state index in [-0.39, 0.29) is 13.2 Å². The van der Waals surface area contributed by atoms with Crippen molar-refractivity contribution >= 4 is 0 Å². The van der Waals surface area contributed by atoms with Crippen LogP contribution < -0.4 is 0 Å². The molecule has 2 rings (SSSR count). The minimum Gasteiger partial charge on any atom is -0.396 e. The van der Waals surface area contributed by atoms with E-state index in [2.05, 4.69) is 0 Å². The lowest BCUT2D eigenvalue weighted by Gasteiger charge is -2.46. The number of aliphatic hydroxyl groups is 2. The molecule has 0 atom stereocenters. The van der Waals surface area contributed by atoms with Crippen molar-refractivity contribution in [3.63, 3.8) is 0 Å². The molecule has 0 aliphatic carbocycles. The lowest BCUT2D eigenvalue weighted by Crippen LogP contribution is -2.55. The van der Waals surface area contributed by atoms with Gasteiger partial charge >= 0.3 is 0 Å². The van der Waals surface area contributed by atoms with Crippen LogP contribution in [0.25, 0.3) is 0 Å². The van der Waals surface area contributed by atoms with Gasteiger partial charge in [-0.15, -0.1) is 0 Å². The van der Waals surface area contributed by atoms with Crippen LogP contribution >= 0.6 is 0 Å². The van der Waals surface area contributed by atoms with Crippen LogP contribution in [0.5, 0.6) is 0 Å². The highest BCUT2D eigenvalue weighted by atomic mass is 16.7. The Labute approximate surface area is 163 Å². The van der Waals surface area contributed by atoms with Crippen LogP contribution in [0.3, 0.4) is 0 Å². The third kappa shape index (κ3) is 5.01. The minimum absolute atomic E-state index is 0.0790. The number of hydrogen-bond acceptors (Lipinski definition) is 7. The van der Waals surface area contributed by atoms with Crippen LogP contribution in [-0.2, 0) is 23.7 Å². The van der Waals surface area contributed by atoms with E-state index < -0.39 is 22.4 Å². The van der Waals surface area contributed by atoms with Crippen molar-refractivity contribution in [1.82, 2.24) is 0 Å². The highest BCUT2D eigenvalue weighted by Gasteiger charge is 2.46. The molecule has 0 saturated carbocycles. The van der Waals surface area contributed by atoms with Crippen LogP contribution in [0.2, 0.25) is 0 Å². The quantitative estimate of drug-likeness (QED) is 0.591. The molecule has 2 fully saturated rings. The summed E-state index contributed by atoms with van der Waals surface area (Å²) in [4.78, 5) is 0. The Morgan fingerprint density at radius 3 is 1.15 bits per heavy atom. The summed E-state index contributed by atoms with van der Waals surface area (Å²) >= 11 is 0. The zero-order valence-electron chi connectivity index (χ0n) is 17.4. The maximum absolute atomic E-state index is 9.91. The third-order valence-electron chi connectivity index (χ3n) is 6.21. The zero-order valence-corrected chi connectivity index (χ0v) is 17.4. The van der Waals surface area contributed by atoms with Gasteiger partial charge < -0.3 is 33.9 Å². The first-order chi connectivity index (χ1) is 12.9. The van der Waals surface area contributed by atoms with Crippen LogP contribution in [0.15, 0.2) is 0 Å². The van der Waals surface area contributed by atoms with E-state index in [1.54, 1.807) is 0 Å². The van der Waals surface area contributed by atoms with Gasteiger partial charge in [-0.3, -0.25) is 0 Å². The van der Waals surface area contributed by atoms with E-state index in [1.165, 1.54) is 0 Å². The number of ether oxygens (including phenoxy) is 5. The molecule has 0 radical (unpaired) electrons. The molecule has 0 bridgehead atoms. The fourth-order valence-electron chi connectivity index (χ4n) is 3.55.